The van der Waals surface area contributed by atoms with E-state index in [0.717, 1.165) is 49.6 Å². The molecule has 8 nitrogen and oxygen atoms in total. The Balaban J connectivity index is 1.63. The van der Waals surface area contributed by atoms with Crippen molar-refractivity contribution in [2.45, 2.75) is 58.0 Å². The summed E-state index contributed by atoms with van der Waals surface area (Å²) in [6.45, 7) is 4.87. The van der Waals surface area contributed by atoms with Crippen LogP contribution in [0.1, 0.15) is 50.2 Å². The number of amides is 1. The standard InChI is InChI=1S/C24H28N4O4S3/c1-3-16-8-4-5-10-26(16)21-18(22(29)27-11-6-7-15(2)20(27)25-21)13-19-23(30)28(24(33)34-19)17-9-12-35(31,32)14-17/h6-7,11,13,16-17H,3-5,8-10,12,14H2,1-2H3/b19-13-/t16-,17+/m1/s1. The summed E-state index contributed by atoms with van der Waals surface area (Å²) in [7, 11) is -3.17. The lowest BCUT2D eigenvalue weighted by molar-refractivity contribution is -0.123. The molecule has 3 fully saturated rings. The first kappa shape index (κ1) is 24.5. The Kier molecular flexibility index (Phi) is 6.52. The van der Waals surface area contributed by atoms with Crippen LogP contribution in [0.2, 0.25) is 0 Å². The van der Waals surface area contributed by atoms with E-state index >= 15 is 0 Å². The van der Waals surface area contributed by atoms with Gasteiger partial charge < -0.3 is 4.90 Å². The van der Waals surface area contributed by atoms with Crippen LogP contribution >= 0.6 is 24.0 Å². The van der Waals surface area contributed by atoms with Gasteiger partial charge in [-0.25, -0.2) is 13.4 Å². The molecule has 5 heterocycles. The Morgan fingerprint density at radius 1 is 1.26 bits per heavy atom. The van der Waals surface area contributed by atoms with Crippen LogP contribution in [0.3, 0.4) is 0 Å². The third-order valence-corrected chi connectivity index (χ3v) is 10.2. The fourth-order valence-electron chi connectivity index (χ4n) is 5.25. The van der Waals surface area contributed by atoms with Gasteiger partial charge in [0.2, 0.25) is 0 Å². The number of sulfone groups is 1. The first-order chi connectivity index (χ1) is 16.7. The van der Waals surface area contributed by atoms with Gasteiger partial charge in [-0.1, -0.05) is 37.0 Å². The number of hydrogen-bond donors (Lipinski definition) is 0. The zero-order valence-corrected chi connectivity index (χ0v) is 22.2. The number of fused-ring (bicyclic) bond motifs is 1. The van der Waals surface area contributed by atoms with Gasteiger partial charge in [-0.15, -0.1) is 0 Å². The molecule has 0 unspecified atom stereocenters. The van der Waals surface area contributed by atoms with E-state index in [1.165, 1.54) is 9.30 Å². The maximum absolute atomic E-state index is 13.7. The van der Waals surface area contributed by atoms with Crippen molar-refractivity contribution < 1.29 is 13.2 Å². The summed E-state index contributed by atoms with van der Waals surface area (Å²) in [6, 6.07) is 3.56. The number of thioether (sulfide) groups is 1. The average molecular weight is 533 g/mol. The van der Waals surface area contributed by atoms with Gasteiger partial charge in [0.05, 0.1) is 28.0 Å². The van der Waals surface area contributed by atoms with Gasteiger partial charge in [0, 0.05) is 18.8 Å². The molecule has 5 rings (SSSR count). The lowest BCUT2D eigenvalue weighted by atomic mass is 9.99. The van der Waals surface area contributed by atoms with Crippen molar-refractivity contribution in [3.8, 4) is 0 Å². The summed E-state index contributed by atoms with van der Waals surface area (Å²) >= 11 is 6.59. The van der Waals surface area contributed by atoms with Crippen LogP contribution in [0.25, 0.3) is 11.7 Å². The van der Waals surface area contributed by atoms with E-state index in [4.69, 9.17) is 17.2 Å². The Morgan fingerprint density at radius 2 is 2.06 bits per heavy atom. The number of hydrogen-bond acceptors (Lipinski definition) is 8. The van der Waals surface area contributed by atoms with E-state index in [0.29, 0.717) is 32.7 Å². The SMILES string of the molecule is CC[C@@H]1CCCCN1c1nc2c(C)cccn2c(=O)c1/C=C1\SC(=S)N([C@H]2CCS(=O)(=O)C2)C1=O. The van der Waals surface area contributed by atoms with Crippen molar-refractivity contribution in [1.82, 2.24) is 14.3 Å². The molecular weight excluding hydrogens is 504 g/mol. The second-order valence-electron chi connectivity index (χ2n) is 9.40. The molecule has 1 amide bonds. The zero-order valence-electron chi connectivity index (χ0n) is 19.8. The van der Waals surface area contributed by atoms with E-state index in [1.807, 2.05) is 19.1 Å². The lowest BCUT2D eigenvalue weighted by Gasteiger charge is -2.37. The molecule has 0 saturated carbocycles. The minimum absolute atomic E-state index is 0.0561. The van der Waals surface area contributed by atoms with E-state index < -0.39 is 15.9 Å². The van der Waals surface area contributed by atoms with E-state index in [-0.39, 0.29) is 29.0 Å². The fourth-order valence-corrected chi connectivity index (χ4v) is 8.34. The van der Waals surface area contributed by atoms with Crippen molar-refractivity contribution in [3.63, 3.8) is 0 Å². The van der Waals surface area contributed by atoms with Crippen LogP contribution in [0, 0.1) is 6.92 Å². The smallest absolute Gasteiger partial charge is 0.267 e. The van der Waals surface area contributed by atoms with Crippen LogP contribution in [-0.2, 0) is 14.6 Å². The molecule has 0 radical (unpaired) electrons. The summed E-state index contributed by atoms with van der Waals surface area (Å²) in [5.74, 6) is 0.237. The van der Waals surface area contributed by atoms with Crippen LogP contribution in [0.15, 0.2) is 28.0 Å². The number of nitrogens with zero attached hydrogens (tertiary/aromatic N) is 4. The van der Waals surface area contributed by atoms with Crippen LogP contribution in [0.5, 0.6) is 0 Å². The molecule has 0 spiro atoms. The summed E-state index contributed by atoms with van der Waals surface area (Å²) in [5.41, 5.74) is 1.64. The van der Waals surface area contributed by atoms with E-state index in [9.17, 15) is 18.0 Å². The number of aryl methyl sites for hydroxylation is 1. The molecular formula is C24H28N4O4S3. The first-order valence-corrected chi connectivity index (χ1v) is 15.0. The minimum atomic E-state index is -3.17. The Hall–Kier alpha value is -2.24. The topological polar surface area (TPSA) is 92.1 Å². The van der Waals surface area contributed by atoms with Gasteiger partial charge in [-0.2, -0.15) is 0 Å². The molecule has 0 aromatic carbocycles. The molecule has 2 aromatic heterocycles. The Labute approximate surface area is 214 Å². The number of anilines is 1. The first-order valence-electron chi connectivity index (χ1n) is 12.0. The third kappa shape index (κ3) is 4.42. The number of carbonyl (C=O) groups excluding carboxylic acids is 1. The predicted octanol–water partition coefficient (Wildman–Crippen LogP) is 3.16. The highest BCUT2D eigenvalue weighted by Gasteiger charge is 2.42. The van der Waals surface area contributed by atoms with Gasteiger partial charge in [-0.3, -0.25) is 18.9 Å². The van der Waals surface area contributed by atoms with Crippen molar-refractivity contribution in [2.24, 2.45) is 0 Å². The number of thiocarbonyl (C=S) groups is 1. The monoisotopic (exact) mass is 532 g/mol. The molecule has 0 N–H and O–H groups in total. The fraction of sp³-hybridized carbons (Fsp3) is 0.500. The van der Waals surface area contributed by atoms with Crippen molar-refractivity contribution in [1.29, 1.82) is 0 Å². The molecule has 0 aliphatic carbocycles. The number of aromatic nitrogens is 2. The molecule has 3 saturated heterocycles. The molecule has 186 valence electrons. The summed E-state index contributed by atoms with van der Waals surface area (Å²) < 4.78 is 25.9. The Bertz CT molecular complexity index is 1420. The normalized spacial score (nSPS) is 25.8. The highest BCUT2D eigenvalue weighted by Crippen LogP contribution is 2.37. The van der Waals surface area contributed by atoms with Gasteiger partial charge in [0.25, 0.3) is 11.5 Å². The molecule has 0 bridgehead atoms. The van der Waals surface area contributed by atoms with Crippen molar-refractivity contribution in [2.75, 3.05) is 23.0 Å². The molecule has 3 aliphatic heterocycles. The lowest BCUT2D eigenvalue weighted by Crippen LogP contribution is -2.41. The predicted molar refractivity (Wildman–Crippen MR) is 144 cm³/mol. The molecule has 3 aliphatic rings. The third-order valence-electron chi connectivity index (χ3n) is 7.11. The zero-order chi connectivity index (χ0) is 24.9. The quantitative estimate of drug-likeness (QED) is 0.438. The van der Waals surface area contributed by atoms with Crippen molar-refractivity contribution >= 4 is 61.6 Å². The average Bonchev–Trinajstić information content (AvgIpc) is 3.32. The molecule has 2 aromatic rings. The molecule has 2 atom stereocenters. The van der Waals surface area contributed by atoms with E-state index in [2.05, 4.69) is 11.8 Å². The maximum Gasteiger partial charge on any atom is 0.267 e. The van der Waals surface area contributed by atoms with Gasteiger partial charge in [0.15, 0.2) is 9.84 Å². The highest BCUT2D eigenvalue weighted by molar-refractivity contribution is 8.26. The maximum atomic E-state index is 13.7. The number of carbonyl (C=O) groups is 1. The van der Waals surface area contributed by atoms with Crippen LogP contribution in [-0.4, -0.2) is 63.1 Å². The summed E-state index contributed by atoms with van der Waals surface area (Å²) in [6.07, 6.45) is 7.81. The van der Waals surface area contributed by atoms with E-state index in [1.54, 1.807) is 12.3 Å². The number of piperidine rings is 1. The van der Waals surface area contributed by atoms with Crippen molar-refractivity contribution in [3.05, 3.63) is 44.7 Å². The second-order valence-corrected chi connectivity index (χ2v) is 13.3. The highest BCUT2D eigenvalue weighted by atomic mass is 32.2. The van der Waals surface area contributed by atoms with Crippen LogP contribution in [0.4, 0.5) is 5.82 Å². The second kappa shape index (κ2) is 9.33. The number of rotatable bonds is 4. The largest absolute Gasteiger partial charge is 0.353 e. The number of pyridine rings is 1. The van der Waals surface area contributed by atoms with Gasteiger partial charge in [-0.05, 0) is 56.7 Å². The van der Waals surface area contributed by atoms with Crippen LogP contribution < -0.4 is 10.5 Å². The summed E-state index contributed by atoms with van der Waals surface area (Å²) in [4.78, 5) is 36.0. The van der Waals surface area contributed by atoms with Gasteiger partial charge >= 0.3 is 0 Å². The summed E-state index contributed by atoms with van der Waals surface area (Å²) in [5, 5.41) is 0. The minimum Gasteiger partial charge on any atom is -0.353 e. The molecule has 11 heteroatoms. The molecule has 35 heavy (non-hydrogen) atoms. The Morgan fingerprint density at radius 3 is 2.77 bits per heavy atom. The van der Waals surface area contributed by atoms with Gasteiger partial charge in [0.1, 0.15) is 15.8 Å².